The van der Waals surface area contributed by atoms with Crippen molar-refractivity contribution in [2.24, 2.45) is 7.05 Å². The fourth-order valence-electron chi connectivity index (χ4n) is 2.17. The van der Waals surface area contributed by atoms with E-state index < -0.39 is 23.6 Å². The topological polar surface area (TPSA) is 29.9 Å². The van der Waals surface area contributed by atoms with Crippen LogP contribution in [-0.4, -0.2) is 16.8 Å². The zero-order valence-electron chi connectivity index (χ0n) is 11.6. The van der Waals surface area contributed by atoms with Crippen LogP contribution in [0.1, 0.15) is 22.7 Å². The van der Waals surface area contributed by atoms with Gasteiger partial charge in [-0.05, 0) is 37.2 Å². The monoisotopic (exact) mass is 301 g/mol. The molecule has 1 aromatic heterocycles. The Morgan fingerprint density at radius 3 is 2.57 bits per heavy atom. The van der Waals surface area contributed by atoms with Crippen molar-refractivity contribution in [2.75, 3.05) is 7.05 Å². The van der Waals surface area contributed by atoms with Crippen LogP contribution in [0.2, 0.25) is 0 Å². The molecule has 0 spiro atoms. The lowest BCUT2D eigenvalue weighted by Crippen LogP contribution is -2.21. The van der Waals surface area contributed by atoms with Crippen LogP contribution in [0.5, 0.6) is 0 Å². The van der Waals surface area contributed by atoms with Crippen molar-refractivity contribution in [3.05, 3.63) is 53.1 Å². The van der Waals surface area contributed by atoms with E-state index in [0.717, 1.165) is 23.8 Å². The Balaban J connectivity index is 2.33. The lowest BCUT2D eigenvalue weighted by Gasteiger charge is -2.18. The van der Waals surface area contributed by atoms with Crippen LogP contribution in [0.25, 0.3) is 0 Å². The third-order valence-corrected chi connectivity index (χ3v) is 3.25. The minimum absolute atomic E-state index is 0.00354. The second-order valence-electron chi connectivity index (χ2n) is 4.80. The summed E-state index contributed by atoms with van der Waals surface area (Å²) >= 11 is 0. The second kappa shape index (κ2) is 5.85. The van der Waals surface area contributed by atoms with E-state index in [2.05, 4.69) is 10.4 Å². The highest BCUT2D eigenvalue weighted by molar-refractivity contribution is 5.30. The summed E-state index contributed by atoms with van der Waals surface area (Å²) in [6, 6.07) is 1.89. The van der Waals surface area contributed by atoms with Crippen LogP contribution in [0.4, 0.5) is 17.6 Å². The van der Waals surface area contributed by atoms with Gasteiger partial charge >= 0.3 is 6.18 Å². The molecule has 1 unspecified atom stereocenters. The van der Waals surface area contributed by atoms with Gasteiger partial charge in [-0.25, -0.2) is 4.39 Å². The number of benzene rings is 1. The number of aromatic nitrogens is 2. The predicted molar refractivity (Wildman–Crippen MR) is 70.1 cm³/mol. The van der Waals surface area contributed by atoms with Gasteiger partial charge in [0.25, 0.3) is 0 Å². The van der Waals surface area contributed by atoms with Gasteiger partial charge in [-0.1, -0.05) is 0 Å². The van der Waals surface area contributed by atoms with Crippen LogP contribution >= 0.6 is 0 Å². The molecular formula is C14H15F4N3. The van der Waals surface area contributed by atoms with Gasteiger partial charge in [-0.15, -0.1) is 0 Å². The van der Waals surface area contributed by atoms with Gasteiger partial charge in [0, 0.05) is 24.8 Å². The first-order valence-electron chi connectivity index (χ1n) is 6.32. The first-order chi connectivity index (χ1) is 9.81. The SMILES string of the molecule is CNC(Cc1cnn(C)c1)c1cc(C(F)(F)F)ccc1F. The zero-order chi connectivity index (χ0) is 15.6. The summed E-state index contributed by atoms with van der Waals surface area (Å²) in [6.07, 6.45) is -0.788. The van der Waals surface area contributed by atoms with Gasteiger partial charge in [0.15, 0.2) is 0 Å². The largest absolute Gasteiger partial charge is 0.416 e. The fraction of sp³-hybridized carbons (Fsp3) is 0.357. The zero-order valence-corrected chi connectivity index (χ0v) is 11.6. The molecule has 0 bridgehead atoms. The van der Waals surface area contributed by atoms with Crippen molar-refractivity contribution in [3.8, 4) is 0 Å². The van der Waals surface area contributed by atoms with Gasteiger partial charge < -0.3 is 5.32 Å². The molecule has 21 heavy (non-hydrogen) atoms. The number of likely N-dealkylation sites (N-methyl/N-ethyl adjacent to an activating group) is 1. The average molecular weight is 301 g/mol. The van der Waals surface area contributed by atoms with E-state index in [4.69, 9.17) is 0 Å². The number of hydrogen-bond donors (Lipinski definition) is 1. The maximum absolute atomic E-state index is 13.9. The molecule has 0 aliphatic heterocycles. The molecule has 1 aromatic carbocycles. The summed E-state index contributed by atoms with van der Waals surface area (Å²) in [5.74, 6) is -0.661. The molecule has 2 rings (SSSR count). The van der Waals surface area contributed by atoms with E-state index in [1.54, 1.807) is 31.2 Å². The van der Waals surface area contributed by atoms with Crippen molar-refractivity contribution in [1.29, 1.82) is 0 Å². The number of aryl methyl sites for hydroxylation is 1. The van der Waals surface area contributed by atoms with Crippen LogP contribution in [0.3, 0.4) is 0 Å². The van der Waals surface area contributed by atoms with Crippen LogP contribution in [0, 0.1) is 5.82 Å². The third-order valence-electron chi connectivity index (χ3n) is 3.25. The van der Waals surface area contributed by atoms with Crippen molar-refractivity contribution in [2.45, 2.75) is 18.6 Å². The van der Waals surface area contributed by atoms with E-state index in [9.17, 15) is 17.6 Å². The molecule has 0 aliphatic carbocycles. The molecule has 1 atom stereocenters. The normalized spacial score (nSPS) is 13.4. The standard InChI is InChI=1S/C14H15F4N3/c1-19-13(5-9-7-20-21(2)8-9)11-6-10(14(16,17)18)3-4-12(11)15/h3-4,6-8,13,19H,5H2,1-2H3. The lowest BCUT2D eigenvalue weighted by atomic mass is 9.98. The first-order valence-corrected chi connectivity index (χ1v) is 6.32. The van der Waals surface area contributed by atoms with Gasteiger partial charge in [-0.3, -0.25) is 4.68 Å². The van der Waals surface area contributed by atoms with Crippen molar-refractivity contribution < 1.29 is 17.6 Å². The molecule has 2 aromatic rings. The highest BCUT2D eigenvalue weighted by Gasteiger charge is 2.32. The summed E-state index contributed by atoms with van der Waals surface area (Å²) in [6.45, 7) is 0. The van der Waals surface area contributed by atoms with Crippen LogP contribution in [-0.2, 0) is 19.6 Å². The quantitative estimate of drug-likeness (QED) is 0.880. The van der Waals surface area contributed by atoms with Crippen molar-refractivity contribution in [3.63, 3.8) is 0 Å². The Morgan fingerprint density at radius 1 is 1.33 bits per heavy atom. The Hall–Kier alpha value is -1.89. The van der Waals surface area contributed by atoms with Crippen molar-refractivity contribution in [1.82, 2.24) is 15.1 Å². The maximum atomic E-state index is 13.9. The summed E-state index contributed by atoms with van der Waals surface area (Å²) in [5.41, 5.74) is -0.0461. The van der Waals surface area contributed by atoms with Crippen LogP contribution in [0.15, 0.2) is 30.6 Å². The smallest absolute Gasteiger partial charge is 0.313 e. The first kappa shape index (κ1) is 15.5. The number of nitrogens with zero attached hydrogens (tertiary/aromatic N) is 2. The Morgan fingerprint density at radius 2 is 2.05 bits per heavy atom. The summed E-state index contributed by atoms with van der Waals surface area (Å²) in [4.78, 5) is 0. The highest BCUT2D eigenvalue weighted by Crippen LogP contribution is 2.32. The molecule has 0 saturated carbocycles. The molecule has 0 fully saturated rings. The second-order valence-corrected chi connectivity index (χ2v) is 4.80. The summed E-state index contributed by atoms with van der Waals surface area (Å²) < 4.78 is 53.7. The van der Waals surface area contributed by atoms with Gasteiger partial charge in [0.1, 0.15) is 5.82 Å². The fourth-order valence-corrected chi connectivity index (χ4v) is 2.17. The van der Waals surface area contributed by atoms with E-state index in [1.165, 1.54) is 0 Å². The molecule has 0 saturated heterocycles. The Bertz CT molecular complexity index is 619. The number of alkyl halides is 3. The van der Waals surface area contributed by atoms with E-state index >= 15 is 0 Å². The number of hydrogen-bond acceptors (Lipinski definition) is 2. The minimum Gasteiger partial charge on any atom is -0.313 e. The Kier molecular flexibility index (Phi) is 4.32. The number of halogens is 4. The van der Waals surface area contributed by atoms with Gasteiger partial charge in [0.2, 0.25) is 0 Å². The number of rotatable bonds is 4. The predicted octanol–water partition coefficient (Wildman–Crippen LogP) is 3.08. The highest BCUT2D eigenvalue weighted by atomic mass is 19.4. The van der Waals surface area contributed by atoms with E-state index in [0.29, 0.717) is 6.42 Å². The lowest BCUT2D eigenvalue weighted by molar-refractivity contribution is -0.137. The maximum Gasteiger partial charge on any atom is 0.416 e. The third kappa shape index (κ3) is 3.60. The summed E-state index contributed by atoms with van der Waals surface area (Å²) in [5, 5.41) is 6.84. The van der Waals surface area contributed by atoms with Crippen molar-refractivity contribution >= 4 is 0 Å². The average Bonchev–Trinajstić information content (AvgIpc) is 2.81. The molecule has 0 aliphatic rings. The molecule has 1 heterocycles. The summed E-state index contributed by atoms with van der Waals surface area (Å²) in [7, 11) is 3.32. The van der Waals surface area contributed by atoms with E-state index in [1.807, 2.05) is 0 Å². The minimum atomic E-state index is -4.49. The van der Waals surface area contributed by atoms with Crippen LogP contribution < -0.4 is 5.32 Å². The molecule has 3 nitrogen and oxygen atoms in total. The molecule has 0 amide bonds. The van der Waals surface area contributed by atoms with E-state index in [-0.39, 0.29) is 5.56 Å². The molecule has 114 valence electrons. The molecular weight excluding hydrogens is 286 g/mol. The molecule has 0 radical (unpaired) electrons. The Labute approximate surface area is 119 Å². The van der Waals surface area contributed by atoms with Gasteiger partial charge in [-0.2, -0.15) is 18.3 Å². The molecule has 7 heteroatoms. The number of nitrogens with one attached hydrogen (secondary N) is 1. The molecule has 1 N–H and O–H groups in total. The van der Waals surface area contributed by atoms with Gasteiger partial charge in [0.05, 0.1) is 11.8 Å².